The minimum absolute atomic E-state index is 0.156. The van der Waals surface area contributed by atoms with Crippen LogP contribution >= 0.6 is 11.6 Å². The maximum Gasteiger partial charge on any atom is 0.137 e. The van der Waals surface area contributed by atoms with E-state index in [-0.39, 0.29) is 18.8 Å². The smallest absolute Gasteiger partial charge is 0.137 e. The topological polar surface area (TPSA) is 41.9 Å². The molecule has 1 N–H and O–H groups in total. The molecule has 19 heavy (non-hydrogen) atoms. The summed E-state index contributed by atoms with van der Waals surface area (Å²) in [5.74, 6) is 0.681. The molecule has 1 fully saturated rings. The Morgan fingerprint density at radius 2 is 2.21 bits per heavy atom. The third-order valence-electron chi connectivity index (χ3n) is 3.64. The van der Waals surface area contributed by atoms with E-state index in [1.54, 1.807) is 14.2 Å². The van der Waals surface area contributed by atoms with Gasteiger partial charge in [0.1, 0.15) is 5.75 Å². The zero-order chi connectivity index (χ0) is 13.8. The number of benzene rings is 1. The molecule has 0 spiro atoms. The molecule has 1 aliphatic rings. The van der Waals surface area contributed by atoms with Crippen molar-refractivity contribution in [1.82, 2.24) is 4.90 Å². The van der Waals surface area contributed by atoms with E-state index in [0.29, 0.717) is 10.8 Å². The quantitative estimate of drug-likeness (QED) is 0.898. The van der Waals surface area contributed by atoms with Crippen molar-refractivity contribution in [3.63, 3.8) is 0 Å². The average molecular weight is 286 g/mol. The Morgan fingerprint density at radius 1 is 1.42 bits per heavy atom. The molecule has 1 aromatic carbocycles. The third-order valence-corrected chi connectivity index (χ3v) is 3.93. The molecule has 0 aliphatic carbocycles. The molecule has 5 heteroatoms. The highest BCUT2D eigenvalue weighted by atomic mass is 35.5. The Kier molecular flexibility index (Phi) is 5.05. The van der Waals surface area contributed by atoms with Gasteiger partial charge in [-0.25, -0.2) is 0 Å². The molecule has 1 aliphatic heterocycles. The highest BCUT2D eigenvalue weighted by Gasteiger charge is 2.31. The van der Waals surface area contributed by atoms with E-state index < -0.39 is 0 Å². The van der Waals surface area contributed by atoms with Crippen molar-refractivity contribution >= 4 is 11.6 Å². The zero-order valence-electron chi connectivity index (χ0n) is 11.3. The summed E-state index contributed by atoms with van der Waals surface area (Å²) in [6.45, 7) is 1.75. The first-order valence-corrected chi connectivity index (χ1v) is 6.75. The molecule has 0 unspecified atom stereocenters. The summed E-state index contributed by atoms with van der Waals surface area (Å²) in [5.41, 5.74) is 1.11. The summed E-state index contributed by atoms with van der Waals surface area (Å²) in [4.78, 5) is 2.23. The third kappa shape index (κ3) is 3.39. The molecule has 0 aromatic heterocycles. The lowest BCUT2D eigenvalue weighted by Crippen LogP contribution is -2.31. The van der Waals surface area contributed by atoms with Gasteiger partial charge in [0.05, 0.1) is 24.8 Å². The van der Waals surface area contributed by atoms with E-state index in [1.807, 2.05) is 18.2 Å². The molecule has 0 bridgehead atoms. The summed E-state index contributed by atoms with van der Waals surface area (Å²) in [7, 11) is 3.32. The average Bonchev–Trinajstić information content (AvgIpc) is 2.81. The van der Waals surface area contributed by atoms with Gasteiger partial charge in [-0.1, -0.05) is 17.7 Å². The fourth-order valence-electron chi connectivity index (χ4n) is 2.53. The molecule has 1 saturated heterocycles. The molecule has 1 heterocycles. The SMILES string of the molecule is COc1ccc(CN2C[C@H](OC)C[C@H]2CO)cc1Cl. The second-order valence-corrected chi connectivity index (χ2v) is 5.24. The number of hydrogen-bond acceptors (Lipinski definition) is 4. The van der Waals surface area contributed by atoms with E-state index in [2.05, 4.69) is 4.90 Å². The van der Waals surface area contributed by atoms with Crippen molar-refractivity contribution in [2.24, 2.45) is 0 Å². The van der Waals surface area contributed by atoms with Crippen LogP contribution in [0.4, 0.5) is 0 Å². The Morgan fingerprint density at radius 3 is 2.79 bits per heavy atom. The van der Waals surface area contributed by atoms with Crippen molar-refractivity contribution in [1.29, 1.82) is 0 Å². The van der Waals surface area contributed by atoms with Crippen LogP contribution in [0.2, 0.25) is 5.02 Å². The largest absolute Gasteiger partial charge is 0.495 e. The van der Waals surface area contributed by atoms with Crippen LogP contribution in [0.5, 0.6) is 5.75 Å². The second kappa shape index (κ2) is 6.57. The highest BCUT2D eigenvalue weighted by Crippen LogP contribution is 2.27. The van der Waals surface area contributed by atoms with Gasteiger partial charge in [-0.3, -0.25) is 4.90 Å². The van der Waals surface area contributed by atoms with Crippen molar-refractivity contribution in [2.75, 3.05) is 27.4 Å². The summed E-state index contributed by atoms with van der Waals surface area (Å²) in [6.07, 6.45) is 1.07. The predicted molar refractivity (Wildman–Crippen MR) is 74.7 cm³/mol. The van der Waals surface area contributed by atoms with Crippen molar-refractivity contribution < 1.29 is 14.6 Å². The maximum atomic E-state index is 9.42. The molecular formula is C14H20ClNO3. The highest BCUT2D eigenvalue weighted by molar-refractivity contribution is 6.32. The molecule has 0 radical (unpaired) electrons. The number of methoxy groups -OCH3 is 2. The van der Waals surface area contributed by atoms with E-state index in [1.165, 1.54) is 0 Å². The van der Waals surface area contributed by atoms with Crippen LogP contribution in [0.3, 0.4) is 0 Å². The normalized spacial score (nSPS) is 23.8. The van der Waals surface area contributed by atoms with Gasteiger partial charge in [0.15, 0.2) is 0 Å². The van der Waals surface area contributed by atoms with Gasteiger partial charge in [-0.05, 0) is 24.1 Å². The van der Waals surface area contributed by atoms with Gasteiger partial charge in [-0.15, -0.1) is 0 Å². The van der Waals surface area contributed by atoms with Crippen LogP contribution in [0.15, 0.2) is 18.2 Å². The maximum absolute atomic E-state index is 9.42. The molecular weight excluding hydrogens is 266 g/mol. The lowest BCUT2D eigenvalue weighted by Gasteiger charge is -2.22. The Balaban J connectivity index is 2.06. The second-order valence-electron chi connectivity index (χ2n) is 4.83. The van der Waals surface area contributed by atoms with Gasteiger partial charge in [0, 0.05) is 26.2 Å². The number of likely N-dealkylation sites (tertiary alicyclic amines) is 1. The van der Waals surface area contributed by atoms with Crippen LogP contribution in [-0.2, 0) is 11.3 Å². The number of nitrogens with zero attached hydrogens (tertiary/aromatic N) is 1. The van der Waals surface area contributed by atoms with Crippen molar-refractivity contribution in [3.8, 4) is 5.75 Å². The fraction of sp³-hybridized carbons (Fsp3) is 0.571. The Hall–Kier alpha value is -0.810. The number of aliphatic hydroxyl groups excluding tert-OH is 1. The molecule has 2 rings (SSSR count). The van der Waals surface area contributed by atoms with Gasteiger partial charge in [0.25, 0.3) is 0 Å². The van der Waals surface area contributed by atoms with Gasteiger partial charge >= 0.3 is 0 Å². The van der Waals surface area contributed by atoms with Gasteiger partial charge in [0.2, 0.25) is 0 Å². The summed E-state index contributed by atoms with van der Waals surface area (Å²) < 4.78 is 10.5. The van der Waals surface area contributed by atoms with Crippen LogP contribution in [0.25, 0.3) is 0 Å². The Bertz CT molecular complexity index is 427. The zero-order valence-corrected chi connectivity index (χ0v) is 12.1. The van der Waals surface area contributed by atoms with Gasteiger partial charge < -0.3 is 14.6 Å². The first-order chi connectivity index (χ1) is 9.17. The van der Waals surface area contributed by atoms with Crippen molar-refractivity contribution in [2.45, 2.75) is 25.1 Å². The first kappa shape index (κ1) is 14.6. The molecule has 0 saturated carbocycles. The van der Waals surface area contributed by atoms with E-state index >= 15 is 0 Å². The minimum atomic E-state index is 0.156. The van der Waals surface area contributed by atoms with Crippen LogP contribution in [-0.4, -0.2) is 49.5 Å². The summed E-state index contributed by atoms with van der Waals surface area (Å²) in [5, 5.41) is 10.0. The molecule has 4 nitrogen and oxygen atoms in total. The Labute approximate surface area is 118 Å². The van der Waals surface area contributed by atoms with Crippen LogP contribution in [0.1, 0.15) is 12.0 Å². The van der Waals surface area contributed by atoms with Gasteiger partial charge in [-0.2, -0.15) is 0 Å². The van der Waals surface area contributed by atoms with E-state index in [0.717, 1.165) is 25.1 Å². The number of aliphatic hydroxyl groups is 1. The fourth-order valence-corrected chi connectivity index (χ4v) is 2.82. The summed E-state index contributed by atoms with van der Waals surface area (Å²) in [6, 6.07) is 5.94. The number of halogens is 1. The molecule has 0 amide bonds. The number of rotatable bonds is 5. The number of ether oxygens (including phenoxy) is 2. The first-order valence-electron chi connectivity index (χ1n) is 6.38. The molecule has 2 atom stereocenters. The number of hydrogen-bond donors (Lipinski definition) is 1. The van der Waals surface area contributed by atoms with Crippen LogP contribution in [0, 0.1) is 0 Å². The van der Waals surface area contributed by atoms with Crippen LogP contribution < -0.4 is 4.74 Å². The molecule has 106 valence electrons. The summed E-state index contributed by atoms with van der Waals surface area (Å²) >= 11 is 6.12. The lowest BCUT2D eigenvalue weighted by atomic mass is 10.2. The predicted octanol–water partition coefficient (Wildman–Crippen LogP) is 1.93. The monoisotopic (exact) mass is 285 g/mol. The van der Waals surface area contributed by atoms with Crippen molar-refractivity contribution in [3.05, 3.63) is 28.8 Å². The minimum Gasteiger partial charge on any atom is -0.495 e. The standard InChI is InChI=1S/C14H20ClNO3/c1-18-12-6-11(9-17)16(8-12)7-10-3-4-14(19-2)13(15)5-10/h3-5,11-12,17H,6-9H2,1-2H3/t11-,12+/m0/s1. The van der Waals surface area contributed by atoms with E-state index in [4.69, 9.17) is 21.1 Å². The van der Waals surface area contributed by atoms with E-state index in [9.17, 15) is 5.11 Å². The lowest BCUT2D eigenvalue weighted by molar-refractivity contribution is 0.107. The molecule has 1 aromatic rings.